The first kappa shape index (κ1) is 11.1. The fourth-order valence-corrected chi connectivity index (χ4v) is 1.57. The second kappa shape index (κ2) is 4.50. The number of carbonyl (C=O) groups is 1. The summed E-state index contributed by atoms with van der Waals surface area (Å²) in [5.74, 6) is -0.744. The Morgan fingerprint density at radius 3 is 2.57 bits per heavy atom. The van der Waals surface area contributed by atoms with Crippen molar-refractivity contribution in [1.29, 1.82) is 0 Å². The van der Waals surface area contributed by atoms with Crippen LogP contribution in [0.2, 0.25) is 0 Å². The fraction of sp³-hybridized carbons (Fsp3) is 0.111. The Labute approximate surface area is 95.1 Å². The van der Waals surface area contributed by atoms with Crippen LogP contribution in [0.1, 0.15) is 5.56 Å². The first-order valence-electron chi connectivity index (χ1n) is 3.81. The highest BCUT2D eigenvalue weighted by molar-refractivity contribution is 14.1. The van der Waals surface area contributed by atoms with Crippen molar-refractivity contribution in [3.05, 3.63) is 28.2 Å². The molecule has 1 rings (SSSR count). The van der Waals surface area contributed by atoms with Crippen LogP contribution < -0.4 is 5.32 Å². The lowest BCUT2D eigenvalue weighted by atomic mass is 10.2. The van der Waals surface area contributed by atoms with Crippen molar-refractivity contribution in [2.45, 2.75) is 6.54 Å². The first-order chi connectivity index (χ1) is 6.50. The number of phenolic OH excluding ortho intramolecular Hbond substituents is 2. The molecule has 0 spiro atoms. The lowest BCUT2D eigenvalue weighted by Gasteiger charge is -2.07. The van der Waals surface area contributed by atoms with E-state index in [-0.39, 0.29) is 24.0 Å². The monoisotopic (exact) mass is 306 g/mol. The molecule has 0 saturated carbocycles. The number of hydrogen-bond donors (Lipinski definition) is 3. The van der Waals surface area contributed by atoms with Crippen LogP contribution in [-0.2, 0) is 11.3 Å². The molecule has 1 aromatic rings. The minimum atomic E-state index is -0.381. The molecule has 0 atom stereocenters. The molecule has 0 aliphatic rings. The summed E-state index contributed by atoms with van der Waals surface area (Å²) in [5, 5.41) is 20.9. The topological polar surface area (TPSA) is 69.6 Å². The summed E-state index contributed by atoms with van der Waals surface area (Å²) in [5.41, 5.74) is 0.734. The third-order valence-electron chi connectivity index (χ3n) is 1.62. The van der Waals surface area contributed by atoms with Crippen molar-refractivity contribution in [3.63, 3.8) is 0 Å². The standard InChI is InChI=1S/C9H9INO3/c1-5(12)11-4-6-2-8(13)9(14)3-7(6)10/h2-3,13-14H,1,4H2,(H,11,12). The number of rotatable bonds is 2. The van der Waals surface area contributed by atoms with Crippen molar-refractivity contribution in [2.75, 3.05) is 0 Å². The Morgan fingerprint density at radius 1 is 1.43 bits per heavy atom. The van der Waals surface area contributed by atoms with Crippen LogP contribution in [0.4, 0.5) is 0 Å². The number of hydrogen-bond acceptors (Lipinski definition) is 3. The van der Waals surface area contributed by atoms with Crippen molar-refractivity contribution >= 4 is 28.5 Å². The molecule has 5 heteroatoms. The molecule has 0 unspecified atom stereocenters. The molecule has 75 valence electrons. The maximum Gasteiger partial charge on any atom is 0.220 e. The average Bonchev–Trinajstić information content (AvgIpc) is 2.09. The summed E-state index contributed by atoms with van der Waals surface area (Å²) in [6, 6.07) is 2.84. The van der Waals surface area contributed by atoms with Gasteiger partial charge in [0.2, 0.25) is 5.91 Å². The van der Waals surface area contributed by atoms with Crippen LogP contribution in [0, 0.1) is 10.5 Å². The van der Waals surface area contributed by atoms with Crippen molar-refractivity contribution < 1.29 is 15.0 Å². The fourth-order valence-electron chi connectivity index (χ4n) is 0.924. The Hall–Kier alpha value is -0.980. The number of nitrogens with one attached hydrogen (secondary N) is 1. The minimum absolute atomic E-state index is 0.167. The SMILES string of the molecule is [CH2]C(=O)NCc1cc(O)c(O)cc1I. The van der Waals surface area contributed by atoms with E-state index in [2.05, 4.69) is 12.2 Å². The van der Waals surface area contributed by atoms with Gasteiger partial charge >= 0.3 is 0 Å². The quantitative estimate of drug-likeness (QED) is 0.567. The van der Waals surface area contributed by atoms with Crippen molar-refractivity contribution in [3.8, 4) is 11.5 Å². The van der Waals surface area contributed by atoms with E-state index in [9.17, 15) is 9.90 Å². The van der Waals surface area contributed by atoms with E-state index >= 15 is 0 Å². The molecule has 4 nitrogen and oxygen atoms in total. The summed E-state index contributed by atoms with van der Waals surface area (Å²) in [7, 11) is 0. The second-order valence-corrected chi connectivity index (χ2v) is 3.87. The highest BCUT2D eigenvalue weighted by Gasteiger charge is 2.06. The molecular weight excluding hydrogens is 297 g/mol. The third-order valence-corrected chi connectivity index (χ3v) is 2.62. The van der Waals surface area contributed by atoms with Gasteiger partial charge in [-0.3, -0.25) is 4.79 Å². The first-order valence-corrected chi connectivity index (χ1v) is 4.88. The van der Waals surface area contributed by atoms with Crippen LogP contribution in [0.5, 0.6) is 11.5 Å². The zero-order valence-electron chi connectivity index (χ0n) is 7.25. The molecule has 0 fully saturated rings. The summed E-state index contributed by atoms with van der Waals surface area (Å²) in [4.78, 5) is 10.5. The zero-order chi connectivity index (χ0) is 10.7. The number of benzene rings is 1. The molecule has 1 aromatic carbocycles. The normalized spacial score (nSPS) is 9.86. The van der Waals surface area contributed by atoms with E-state index in [4.69, 9.17) is 5.11 Å². The summed E-state index contributed by atoms with van der Waals surface area (Å²) >= 11 is 2.01. The van der Waals surface area contributed by atoms with Gasteiger partial charge in [-0.1, -0.05) is 0 Å². The highest BCUT2D eigenvalue weighted by atomic mass is 127. The smallest absolute Gasteiger partial charge is 0.220 e. The molecule has 1 amide bonds. The molecule has 0 aliphatic heterocycles. The van der Waals surface area contributed by atoms with Gasteiger partial charge in [0, 0.05) is 17.0 Å². The van der Waals surface area contributed by atoms with E-state index in [1.807, 2.05) is 22.6 Å². The summed E-state index contributed by atoms with van der Waals surface area (Å²) in [6.45, 7) is 3.44. The van der Waals surface area contributed by atoms with Crippen LogP contribution >= 0.6 is 22.6 Å². The summed E-state index contributed by atoms with van der Waals surface area (Å²) < 4.78 is 0.770. The van der Waals surface area contributed by atoms with Gasteiger partial charge in [0.05, 0.1) is 0 Å². The highest BCUT2D eigenvalue weighted by Crippen LogP contribution is 2.29. The minimum Gasteiger partial charge on any atom is -0.504 e. The molecule has 0 heterocycles. The third kappa shape index (κ3) is 2.76. The van der Waals surface area contributed by atoms with Crippen LogP contribution in [0.15, 0.2) is 12.1 Å². The number of carbonyl (C=O) groups excluding carboxylic acids is 1. The van der Waals surface area contributed by atoms with Gasteiger partial charge < -0.3 is 15.5 Å². The largest absolute Gasteiger partial charge is 0.504 e. The Kier molecular flexibility index (Phi) is 3.56. The molecule has 0 aromatic heterocycles. The second-order valence-electron chi connectivity index (χ2n) is 2.71. The molecule has 0 aliphatic carbocycles. The number of phenols is 2. The van der Waals surface area contributed by atoms with Gasteiger partial charge in [-0.05, 0) is 40.3 Å². The maximum atomic E-state index is 10.5. The number of aromatic hydroxyl groups is 2. The van der Waals surface area contributed by atoms with Crippen molar-refractivity contribution in [1.82, 2.24) is 5.32 Å². The van der Waals surface area contributed by atoms with Gasteiger partial charge in [-0.15, -0.1) is 0 Å². The van der Waals surface area contributed by atoms with Crippen molar-refractivity contribution in [2.24, 2.45) is 0 Å². The Bertz CT molecular complexity index is 365. The van der Waals surface area contributed by atoms with E-state index in [1.165, 1.54) is 12.1 Å². The molecule has 0 saturated heterocycles. The van der Waals surface area contributed by atoms with Crippen LogP contribution in [-0.4, -0.2) is 16.1 Å². The van der Waals surface area contributed by atoms with Gasteiger partial charge in [-0.2, -0.15) is 0 Å². The Morgan fingerprint density at radius 2 is 2.00 bits per heavy atom. The van der Waals surface area contributed by atoms with E-state index in [0.29, 0.717) is 0 Å². The van der Waals surface area contributed by atoms with Gasteiger partial charge in [0.25, 0.3) is 0 Å². The lowest BCUT2D eigenvalue weighted by molar-refractivity contribution is -0.116. The van der Waals surface area contributed by atoms with E-state index in [0.717, 1.165) is 9.13 Å². The molecule has 1 radical (unpaired) electrons. The van der Waals surface area contributed by atoms with Gasteiger partial charge in [-0.25, -0.2) is 0 Å². The van der Waals surface area contributed by atoms with E-state index in [1.54, 1.807) is 0 Å². The average molecular weight is 306 g/mol. The molecular formula is C9H9INO3. The maximum absolute atomic E-state index is 10.5. The predicted octanol–water partition coefficient (Wildman–Crippen LogP) is 1.15. The summed E-state index contributed by atoms with van der Waals surface area (Å²) in [6.07, 6.45) is 0. The van der Waals surface area contributed by atoms with E-state index < -0.39 is 0 Å². The molecule has 0 bridgehead atoms. The number of halogens is 1. The van der Waals surface area contributed by atoms with Crippen LogP contribution in [0.3, 0.4) is 0 Å². The zero-order valence-corrected chi connectivity index (χ0v) is 9.41. The van der Waals surface area contributed by atoms with Gasteiger partial charge in [0.15, 0.2) is 11.5 Å². The number of amides is 1. The Balaban J connectivity index is 2.87. The van der Waals surface area contributed by atoms with Gasteiger partial charge in [0.1, 0.15) is 0 Å². The predicted molar refractivity (Wildman–Crippen MR) is 59.7 cm³/mol. The van der Waals surface area contributed by atoms with Crippen LogP contribution in [0.25, 0.3) is 0 Å². The molecule has 3 N–H and O–H groups in total. The molecule has 14 heavy (non-hydrogen) atoms. The lowest BCUT2D eigenvalue weighted by Crippen LogP contribution is -2.19.